The van der Waals surface area contributed by atoms with Gasteiger partial charge in [-0.2, -0.15) is 29.3 Å². The molecule has 18 heteroatoms. The van der Waals surface area contributed by atoms with Crippen LogP contribution in [-0.4, -0.2) is 97.1 Å². The number of hydrogen-bond acceptors (Lipinski definition) is 12. The molecule has 0 radical (unpaired) electrons. The predicted molar refractivity (Wildman–Crippen MR) is 198 cm³/mol. The summed E-state index contributed by atoms with van der Waals surface area (Å²) in [5, 5.41) is 14.0. The Morgan fingerprint density at radius 3 is 2.82 bits per heavy atom. The molecule has 2 aromatic carbocycles. The highest BCUT2D eigenvalue weighted by Crippen LogP contribution is 2.53. The molecule has 4 saturated heterocycles. The van der Waals surface area contributed by atoms with Crippen molar-refractivity contribution < 1.29 is 27.4 Å². The molecule has 284 valence electrons. The zero-order valence-electron chi connectivity index (χ0n) is 29.6. The topological polar surface area (TPSA) is 152 Å². The molecule has 4 fully saturated rings. The molecule has 0 saturated carbocycles. The van der Waals surface area contributed by atoms with Crippen LogP contribution in [-0.2, 0) is 0 Å². The molecule has 1 unspecified atom stereocenters. The quantitative estimate of drug-likeness (QED) is 0.217. The van der Waals surface area contributed by atoms with Gasteiger partial charge in [-0.15, -0.1) is 16.4 Å². The number of amides is 1. The van der Waals surface area contributed by atoms with Crippen molar-refractivity contribution in [3.05, 3.63) is 46.8 Å². The lowest BCUT2D eigenvalue weighted by Gasteiger charge is -2.50. The number of rotatable bonds is 4. The maximum absolute atomic E-state index is 17.5. The second-order valence-electron chi connectivity index (χ2n) is 15.5. The smallest absolute Gasteiger partial charge is 0.346 e. The number of carbonyl (C=O) groups excluding carboxylic acids is 1. The molecule has 13 nitrogen and oxygen atoms in total. The van der Waals surface area contributed by atoms with E-state index >= 15 is 8.78 Å². The molecule has 4 atom stereocenters. The summed E-state index contributed by atoms with van der Waals surface area (Å²) < 4.78 is 60.3. The van der Waals surface area contributed by atoms with Crippen LogP contribution < -0.4 is 20.1 Å². The first kappa shape index (κ1) is 34.6. The summed E-state index contributed by atoms with van der Waals surface area (Å²) in [6, 6.07) is 3.92. The number of nitrogens with zero attached hydrogens (tertiary/aromatic N) is 9. The summed E-state index contributed by atoms with van der Waals surface area (Å²) in [6.45, 7) is 5.45. The van der Waals surface area contributed by atoms with Gasteiger partial charge < -0.3 is 25.0 Å². The van der Waals surface area contributed by atoms with Gasteiger partial charge in [0.05, 0.1) is 38.4 Å². The van der Waals surface area contributed by atoms with Crippen molar-refractivity contribution in [2.24, 2.45) is 5.92 Å². The first-order chi connectivity index (χ1) is 26.5. The van der Waals surface area contributed by atoms with Crippen molar-refractivity contribution in [2.75, 3.05) is 50.0 Å². The summed E-state index contributed by atoms with van der Waals surface area (Å²) in [6.07, 6.45) is 4.75. The highest BCUT2D eigenvalue weighted by molar-refractivity contribution is 7.23. The fourth-order valence-corrected chi connectivity index (χ4v) is 11.2. The van der Waals surface area contributed by atoms with Crippen LogP contribution in [0.15, 0.2) is 18.5 Å². The lowest BCUT2D eigenvalue weighted by Crippen LogP contribution is -2.64. The van der Waals surface area contributed by atoms with Gasteiger partial charge in [-0.1, -0.05) is 24.6 Å². The van der Waals surface area contributed by atoms with Gasteiger partial charge in [-0.3, -0.25) is 4.90 Å². The Hall–Kier alpha value is -4.92. The number of fused-ring (bicyclic) bond motifs is 4. The number of ether oxygens (including phenoxy) is 2. The summed E-state index contributed by atoms with van der Waals surface area (Å²) in [4.78, 5) is 32.9. The zero-order chi connectivity index (χ0) is 38.0. The van der Waals surface area contributed by atoms with Crippen LogP contribution in [0.4, 0.5) is 28.8 Å². The number of likely N-dealkylation sites (tertiary alicyclic amines) is 1. The first-order valence-corrected chi connectivity index (χ1v) is 19.5. The minimum Gasteiger partial charge on any atom is -0.491 e. The monoisotopic (exact) mass is 790 g/mol. The van der Waals surface area contributed by atoms with Crippen LogP contribution in [0.25, 0.3) is 32.1 Å². The van der Waals surface area contributed by atoms with Gasteiger partial charge in [0.1, 0.15) is 41.2 Å². The summed E-state index contributed by atoms with van der Waals surface area (Å²) in [7, 11) is 0. The minimum absolute atomic E-state index is 0.0191. The number of benzene rings is 2. The largest absolute Gasteiger partial charge is 0.491 e. The Morgan fingerprint density at radius 1 is 1.20 bits per heavy atom. The molecule has 10 rings (SSSR count). The molecule has 1 amide bonds. The number of thiophene rings is 1. The van der Waals surface area contributed by atoms with Crippen molar-refractivity contribution in [3.63, 3.8) is 0 Å². The standard InChI is InChI=1S/C37H34ClF3N10O3S/c1-18-11-37(6-2-8-48(37)14-18)16-54-34-45-28-25-29(26(38)24(27(28)40)20-3-4-22(39)30-23(20)21(13-42)31(43)55-30)53-10-5-19-12-36(15-49(19)32(25)46-34)7-9-50(36)35(52)51-17-44-33(41)47-51/h3-4,17-19H,2,5-12,14-16,43H2,1H3/t18-,19+,36?,37+/m1/s1. The van der Waals surface area contributed by atoms with Crippen LogP contribution in [0.2, 0.25) is 5.02 Å². The lowest BCUT2D eigenvalue weighted by molar-refractivity contribution is 0.0369. The fraction of sp³-hybridized carbons (Fsp3) is 0.459. The predicted octanol–water partition coefficient (Wildman–Crippen LogP) is 6.35. The Bertz CT molecular complexity index is 2510. The Morgan fingerprint density at radius 2 is 2.05 bits per heavy atom. The number of carbonyl (C=O) groups is 1. The molecule has 3 aromatic heterocycles. The molecule has 5 aromatic rings. The first-order valence-electron chi connectivity index (χ1n) is 18.3. The normalized spacial score (nSPS) is 25.8. The van der Waals surface area contributed by atoms with E-state index in [1.54, 1.807) is 4.90 Å². The summed E-state index contributed by atoms with van der Waals surface area (Å²) in [5.41, 5.74) is 5.28. The lowest BCUT2D eigenvalue weighted by atomic mass is 9.82. The van der Waals surface area contributed by atoms with Gasteiger partial charge in [0.25, 0.3) is 0 Å². The third-order valence-corrected chi connectivity index (χ3v) is 13.8. The highest BCUT2D eigenvalue weighted by Gasteiger charge is 2.56. The van der Waals surface area contributed by atoms with Crippen molar-refractivity contribution in [2.45, 2.75) is 62.6 Å². The van der Waals surface area contributed by atoms with Crippen LogP contribution >= 0.6 is 22.9 Å². The SMILES string of the molecule is C[C@H]1CN2CCC[C@@]2(COc2nc3c4c(c(Cl)c(-c5ccc(F)c6sc(N)c(C#N)c56)c(F)c4n2)OCC[C@H]2CC4(CCN4C(=O)n4cnc(F)n4)CN32)C1. The number of nitriles is 1. The van der Waals surface area contributed by atoms with E-state index in [9.17, 15) is 14.4 Å². The van der Waals surface area contributed by atoms with E-state index in [4.69, 9.17) is 36.8 Å². The molecule has 55 heavy (non-hydrogen) atoms. The molecule has 5 aliphatic rings. The number of aromatic nitrogens is 5. The third kappa shape index (κ3) is 5.03. The van der Waals surface area contributed by atoms with E-state index in [1.165, 1.54) is 12.1 Å². The Labute approximate surface area is 321 Å². The molecule has 1 spiro atoms. The highest BCUT2D eigenvalue weighted by atomic mass is 35.5. The van der Waals surface area contributed by atoms with Gasteiger partial charge in [0.15, 0.2) is 11.6 Å². The van der Waals surface area contributed by atoms with E-state index in [2.05, 4.69) is 26.8 Å². The number of halogens is 4. The van der Waals surface area contributed by atoms with Gasteiger partial charge >= 0.3 is 18.1 Å². The molecule has 0 aliphatic carbocycles. The molecular weight excluding hydrogens is 757 g/mol. The van der Waals surface area contributed by atoms with Gasteiger partial charge in [-0.05, 0) is 56.2 Å². The molecule has 8 heterocycles. The van der Waals surface area contributed by atoms with Crippen LogP contribution in [0.5, 0.6) is 11.8 Å². The maximum Gasteiger partial charge on any atom is 0.346 e. The van der Waals surface area contributed by atoms with E-state index in [0.29, 0.717) is 50.7 Å². The number of hydrogen-bond donors (Lipinski definition) is 1. The van der Waals surface area contributed by atoms with Gasteiger partial charge in [0.2, 0.25) is 0 Å². The zero-order valence-corrected chi connectivity index (χ0v) is 31.2. The maximum atomic E-state index is 17.5. The Kier molecular flexibility index (Phi) is 7.72. The average molecular weight is 791 g/mol. The number of anilines is 2. The van der Waals surface area contributed by atoms with Crippen molar-refractivity contribution >= 4 is 60.8 Å². The van der Waals surface area contributed by atoms with Crippen molar-refractivity contribution in [1.82, 2.24) is 34.5 Å². The van der Waals surface area contributed by atoms with Crippen LogP contribution in [0.1, 0.15) is 51.0 Å². The molecule has 0 bridgehead atoms. The van der Waals surface area contributed by atoms with Crippen LogP contribution in [0, 0.1) is 35.0 Å². The van der Waals surface area contributed by atoms with E-state index in [1.807, 2.05) is 6.07 Å². The number of nitrogens with two attached hydrogens (primary N) is 1. The number of nitrogen functional groups attached to an aromatic ring is 1. The second-order valence-corrected chi connectivity index (χ2v) is 16.9. The second kappa shape index (κ2) is 12.3. The molecule has 5 aliphatic heterocycles. The Balaban J connectivity index is 1.14. The van der Waals surface area contributed by atoms with Crippen molar-refractivity contribution in [1.29, 1.82) is 5.26 Å². The van der Waals surface area contributed by atoms with Crippen LogP contribution in [0.3, 0.4) is 0 Å². The van der Waals surface area contributed by atoms with E-state index < -0.39 is 29.3 Å². The summed E-state index contributed by atoms with van der Waals surface area (Å²) in [5.74, 6) is -0.446. The van der Waals surface area contributed by atoms with Gasteiger partial charge in [-0.25, -0.2) is 13.6 Å². The summed E-state index contributed by atoms with van der Waals surface area (Å²) >= 11 is 8.06. The van der Waals surface area contributed by atoms with Gasteiger partial charge in [0, 0.05) is 43.0 Å². The van der Waals surface area contributed by atoms with Crippen molar-refractivity contribution in [3.8, 4) is 29.0 Å². The van der Waals surface area contributed by atoms with E-state index in [-0.39, 0.29) is 77.7 Å². The third-order valence-electron chi connectivity index (χ3n) is 12.4. The fourth-order valence-electron chi connectivity index (χ4n) is 9.95. The molecule has 2 N–H and O–H groups in total. The minimum atomic E-state index is -0.998. The van der Waals surface area contributed by atoms with E-state index in [0.717, 1.165) is 54.7 Å². The molecular formula is C37H34ClF3N10O3S. The average Bonchev–Trinajstić information content (AvgIpc) is 3.97.